The summed E-state index contributed by atoms with van der Waals surface area (Å²) in [4.78, 5) is 20.1. The van der Waals surface area contributed by atoms with Crippen molar-refractivity contribution < 1.29 is 36.0 Å². The molecule has 0 radical (unpaired) electrons. The lowest BCUT2D eigenvalue weighted by Crippen LogP contribution is -2.43. The van der Waals surface area contributed by atoms with E-state index in [4.69, 9.17) is 16.4 Å². The van der Waals surface area contributed by atoms with Gasteiger partial charge in [-0.25, -0.2) is 0 Å². The third-order valence-corrected chi connectivity index (χ3v) is 7.78. The van der Waals surface area contributed by atoms with Gasteiger partial charge in [-0.2, -0.15) is 31.6 Å². The first-order valence-corrected chi connectivity index (χ1v) is 13.1. The monoisotopic (exact) mass is 605 g/mol. The van der Waals surface area contributed by atoms with Crippen molar-refractivity contribution >= 4 is 34.0 Å². The van der Waals surface area contributed by atoms with Crippen molar-refractivity contribution in [3.63, 3.8) is 0 Å². The molecule has 1 amide bonds. The first-order chi connectivity index (χ1) is 19.7. The summed E-state index contributed by atoms with van der Waals surface area (Å²) in [6.45, 7) is 4.09. The maximum atomic E-state index is 14.6. The van der Waals surface area contributed by atoms with E-state index in [2.05, 4.69) is 17.8 Å². The minimum absolute atomic E-state index is 0.166. The van der Waals surface area contributed by atoms with E-state index < -0.39 is 45.9 Å². The number of hydrogen-bond donors (Lipinski definition) is 0. The molecule has 42 heavy (non-hydrogen) atoms. The van der Waals surface area contributed by atoms with E-state index in [9.17, 15) is 36.4 Å². The summed E-state index contributed by atoms with van der Waals surface area (Å²) in [5.41, 5.74) is -5.71. The van der Waals surface area contributed by atoms with Crippen LogP contribution < -0.4 is 0 Å². The van der Waals surface area contributed by atoms with Crippen LogP contribution >= 0.6 is 11.6 Å². The molecule has 0 spiro atoms. The number of fused-ring (bicyclic) bond motifs is 1. The molecule has 0 bridgehead atoms. The number of nitrogens with zero attached hydrogens (tertiary/aromatic N) is 3. The number of nitriles is 1. The van der Waals surface area contributed by atoms with Crippen molar-refractivity contribution in [3.8, 4) is 6.07 Å². The number of carbonyl (C=O) groups is 1. The van der Waals surface area contributed by atoms with E-state index >= 15 is 0 Å². The molecule has 5 nitrogen and oxygen atoms in total. The van der Waals surface area contributed by atoms with Crippen molar-refractivity contribution in [2.75, 3.05) is 13.1 Å². The number of oxime groups is 1. The summed E-state index contributed by atoms with van der Waals surface area (Å²) in [5, 5.41) is 13.5. The summed E-state index contributed by atoms with van der Waals surface area (Å²) in [6, 6.07) is 13.4. The molecule has 5 rings (SSSR count). The van der Waals surface area contributed by atoms with Crippen molar-refractivity contribution in [1.82, 2.24) is 4.90 Å². The first-order valence-electron chi connectivity index (χ1n) is 12.8. The van der Waals surface area contributed by atoms with Gasteiger partial charge in [0.2, 0.25) is 0 Å². The molecular formula is C30H22ClF6N3O2. The third kappa shape index (κ3) is 5.20. The number of alkyl halides is 6. The molecule has 2 aliphatic rings. The lowest BCUT2D eigenvalue weighted by Gasteiger charge is -2.30. The topological polar surface area (TPSA) is 65.7 Å². The highest BCUT2D eigenvalue weighted by Crippen LogP contribution is 2.51. The molecular weight excluding hydrogens is 584 g/mol. The Hall–Kier alpha value is -4.04. The molecule has 3 aromatic rings. The molecule has 1 aliphatic heterocycles. The Balaban J connectivity index is 1.55. The zero-order chi connectivity index (χ0) is 30.5. The Bertz CT molecular complexity index is 1660. The van der Waals surface area contributed by atoms with Crippen molar-refractivity contribution in [2.24, 2.45) is 10.6 Å². The number of benzene rings is 3. The molecule has 1 heterocycles. The Morgan fingerprint density at radius 3 is 2.38 bits per heavy atom. The highest BCUT2D eigenvalue weighted by molar-refractivity contribution is 6.30. The Kier molecular flexibility index (Phi) is 7.26. The maximum absolute atomic E-state index is 14.6. The van der Waals surface area contributed by atoms with Crippen LogP contribution in [0, 0.1) is 16.7 Å². The smallest absolute Gasteiger partial charge is 0.374 e. The van der Waals surface area contributed by atoms with Crippen LogP contribution in [0.4, 0.5) is 26.3 Å². The summed E-state index contributed by atoms with van der Waals surface area (Å²) in [5.74, 6) is -0.382. The summed E-state index contributed by atoms with van der Waals surface area (Å²) < 4.78 is 84.0. The second-order valence-electron chi connectivity index (χ2n) is 10.4. The van der Waals surface area contributed by atoms with E-state index in [-0.39, 0.29) is 35.8 Å². The van der Waals surface area contributed by atoms with Crippen LogP contribution in [0.3, 0.4) is 0 Å². The highest BCUT2D eigenvalue weighted by atomic mass is 35.5. The fourth-order valence-electron chi connectivity index (χ4n) is 5.14. The largest absolute Gasteiger partial charge is 0.435 e. The Morgan fingerprint density at radius 2 is 1.79 bits per heavy atom. The van der Waals surface area contributed by atoms with Crippen LogP contribution in [0.5, 0.6) is 0 Å². The van der Waals surface area contributed by atoms with Gasteiger partial charge in [-0.05, 0) is 47.9 Å². The van der Waals surface area contributed by atoms with E-state index in [1.165, 1.54) is 17.0 Å². The van der Waals surface area contributed by atoms with Crippen LogP contribution in [0.2, 0.25) is 5.02 Å². The maximum Gasteiger partial charge on any atom is 0.435 e. The van der Waals surface area contributed by atoms with Gasteiger partial charge in [-0.3, -0.25) is 4.79 Å². The van der Waals surface area contributed by atoms with Gasteiger partial charge in [0.15, 0.2) is 0 Å². The number of carbonyl (C=O) groups excluding carboxylic acids is 1. The van der Waals surface area contributed by atoms with E-state index in [1.54, 1.807) is 30.3 Å². The van der Waals surface area contributed by atoms with Gasteiger partial charge < -0.3 is 9.74 Å². The van der Waals surface area contributed by atoms with Crippen molar-refractivity contribution in [2.45, 2.75) is 37.2 Å². The molecule has 3 aromatic carbocycles. The fraction of sp³-hybridized carbons (Fsp3) is 0.300. The van der Waals surface area contributed by atoms with Gasteiger partial charge in [0.05, 0.1) is 22.8 Å². The summed E-state index contributed by atoms with van der Waals surface area (Å²) in [7, 11) is 0. The Labute approximate surface area is 241 Å². The Morgan fingerprint density at radius 1 is 1.10 bits per heavy atom. The molecule has 1 aliphatic carbocycles. The average molecular weight is 606 g/mol. The quantitative estimate of drug-likeness (QED) is 0.202. The molecule has 0 aromatic heterocycles. The molecule has 1 unspecified atom stereocenters. The number of rotatable bonds is 7. The molecule has 1 saturated carbocycles. The van der Waals surface area contributed by atoms with Crippen molar-refractivity contribution in [1.29, 1.82) is 5.26 Å². The molecule has 218 valence electrons. The summed E-state index contributed by atoms with van der Waals surface area (Å²) in [6.07, 6.45) is -8.16. The van der Waals surface area contributed by atoms with Crippen LogP contribution in [-0.4, -0.2) is 35.8 Å². The molecule has 1 fully saturated rings. The lowest BCUT2D eigenvalue weighted by molar-refractivity contribution is -0.276. The van der Waals surface area contributed by atoms with Gasteiger partial charge in [-0.1, -0.05) is 53.2 Å². The van der Waals surface area contributed by atoms with Crippen LogP contribution in [0.15, 0.2) is 72.4 Å². The number of hydrogen-bond acceptors (Lipinski definition) is 4. The second kappa shape index (κ2) is 10.3. The average Bonchev–Trinajstić information content (AvgIpc) is 3.56. The van der Waals surface area contributed by atoms with Gasteiger partial charge in [0, 0.05) is 41.2 Å². The van der Waals surface area contributed by atoms with Crippen LogP contribution in [0.1, 0.15) is 46.3 Å². The minimum Gasteiger partial charge on any atom is -0.374 e. The van der Waals surface area contributed by atoms with Gasteiger partial charge in [-0.15, -0.1) is 6.58 Å². The second-order valence-corrected chi connectivity index (χ2v) is 10.9. The van der Waals surface area contributed by atoms with Crippen LogP contribution in [-0.2, 0) is 16.6 Å². The number of amides is 1. The molecule has 1 atom stereocenters. The SMILES string of the molecule is C=CCN(CC1(C#N)CC1)C(=O)c1ccc(C2=NOC(c3cc(Cl)cc(C(F)(F)F)c3)(C(F)(F)F)C2)c2ccccc12. The van der Waals surface area contributed by atoms with E-state index in [1.807, 2.05) is 0 Å². The van der Waals surface area contributed by atoms with E-state index in [0.29, 0.717) is 35.7 Å². The predicted octanol–water partition coefficient (Wildman–Crippen LogP) is 8.03. The molecule has 0 saturated heterocycles. The molecule has 12 heteroatoms. The minimum atomic E-state index is -5.16. The third-order valence-electron chi connectivity index (χ3n) is 7.56. The standard InChI is InChI=1S/C30H22ClF6N3O2/c1-2-11-40(17-27(16-38)9-10-27)26(41)24-8-7-23(21-5-3-4-6-22(21)24)25-15-28(42-39-25,30(35,36)37)18-12-19(29(32,33)34)14-20(31)13-18/h2-8,12-14H,1,9-11,15,17H2. The van der Waals surface area contributed by atoms with Gasteiger partial charge in [0.25, 0.3) is 11.5 Å². The zero-order valence-corrected chi connectivity index (χ0v) is 22.6. The number of halogens is 7. The molecule has 0 N–H and O–H groups in total. The fourth-order valence-corrected chi connectivity index (χ4v) is 5.37. The lowest BCUT2D eigenvalue weighted by atomic mass is 9.84. The van der Waals surface area contributed by atoms with E-state index in [0.717, 1.165) is 6.07 Å². The summed E-state index contributed by atoms with van der Waals surface area (Å²) >= 11 is 5.81. The zero-order valence-electron chi connectivity index (χ0n) is 21.8. The first kappa shape index (κ1) is 29.5. The normalized spacial score (nSPS) is 19.5. The van der Waals surface area contributed by atoms with Crippen molar-refractivity contribution in [3.05, 3.63) is 94.5 Å². The van der Waals surface area contributed by atoms with Gasteiger partial charge in [0.1, 0.15) is 0 Å². The predicted molar refractivity (Wildman–Crippen MR) is 144 cm³/mol. The highest BCUT2D eigenvalue weighted by Gasteiger charge is 2.62. The van der Waals surface area contributed by atoms with Gasteiger partial charge >= 0.3 is 12.4 Å². The van der Waals surface area contributed by atoms with Crippen LogP contribution in [0.25, 0.3) is 10.8 Å².